The van der Waals surface area contributed by atoms with Crippen LogP contribution >= 0.6 is 0 Å². The van der Waals surface area contributed by atoms with Gasteiger partial charge in [0.25, 0.3) is 0 Å². The minimum atomic E-state index is -1.22. The Bertz CT molecular complexity index is 801. The molecule has 0 saturated carbocycles. The van der Waals surface area contributed by atoms with Crippen LogP contribution in [0.1, 0.15) is 5.69 Å². The highest BCUT2D eigenvalue weighted by molar-refractivity contribution is 5.79. The van der Waals surface area contributed by atoms with Crippen molar-refractivity contribution < 1.29 is 44.4 Å². The van der Waals surface area contributed by atoms with E-state index in [9.17, 15) is 24.0 Å². The van der Waals surface area contributed by atoms with E-state index in [1.54, 1.807) is 6.20 Å². The number of carboxylic acid groups (broad SMARTS) is 4. The van der Waals surface area contributed by atoms with Crippen molar-refractivity contribution in [3.63, 3.8) is 0 Å². The highest BCUT2D eigenvalue weighted by atomic mass is 16.4. The fourth-order valence-corrected chi connectivity index (χ4v) is 3.05. The Kier molecular flexibility index (Phi) is 12.8. The lowest BCUT2D eigenvalue weighted by Gasteiger charge is -2.27. The molecule has 0 aliphatic rings. The summed E-state index contributed by atoms with van der Waals surface area (Å²) in [5.74, 6) is -5.18. The molecule has 6 N–H and O–H groups in total. The number of aromatic amines is 1. The van der Waals surface area contributed by atoms with Crippen LogP contribution in [0.2, 0.25) is 0 Å². The van der Waals surface area contributed by atoms with Crippen LogP contribution in [0.25, 0.3) is 0 Å². The molecule has 0 aromatic carbocycles. The number of hydrogen-bond donors (Lipinski definition) is 6. The van der Waals surface area contributed by atoms with Crippen molar-refractivity contribution in [2.24, 2.45) is 0 Å². The molecule has 0 bridgehead atoms. The summed E-state index contributed by atoms with van der Waals surface area (Å²) in [5, 5.41) is 38.8. The van der Waals surface area contributed by atoms with Crippen molar-refractivity contribution in [3.05, 3.63) is 18.2 Å². The molecule has 1 rings (SSSR count). The summed E-state index contributed by atoms with van der Waals surface area (Å²) in [6, 6.07) is 0. The lowest BCUT2D eigenvalue weighted by molar-refractivity contribution is -0.143. The van der Waals surface area contributed by atoms with Gasteiger partial charge in [-0.25, -0.2) is 4.98 Å². The van der Waals surface area contributed by atoms with E-state index in [0.29, 0.717) is 13.0 Å². The second-order valence-electron chi connectivity index (χ2n) is 7.45. The molecule has 34 heavy (non-hydrogen) atoms. The number of carbonyl (C=O) groups excluding carboxylic acids is 1. The van der Waals surface area contributed by atoms with Crippen LogP contribution in [0.5, 0.6) is 0 Å². The zero-order chi connectivity index (χ0) is 25.5. The average Bonchev–Trinajstić information content (AvgIpc) is 3.21. The molecule has 0 saturated heterocycles. The maximum Gasteiger partial charge on any atom is 0.317 e. The summed E-state index contributed by atoms with van der Waals surface area (Å²) in [7, 11) is 0. The van der Waals surface area contributed by atoms with Gasteiger partial charge in [0.2, 0.25) is 5.91 Å². The highest BCUT2D eigenvalue weighted by Crippen LogP contribution is 1.98. The molecule has 0 aliphatic carbocycles. The minimum absolute atomic E-state index is 0.0289. The van der Waals surface area contributed by atoms with Gasteiger partial charge in [-0.3, -0.25) is 38.7 Å². The maximum atomic E-state index is 12.2. The van der Waals surface area contributed by atoms with Gasteiger partial charge in [-0.15, -0.1) is 0 Å². The number of nitrogens with zero attached hydrogens (tertiary/aromatic N) is 4. The van der Waals surface area contributed by atoms with Gasteiger partial charge in [-0.2, -0.15) is 0 Å². The lowest BCUT2D eigenvalue weighted by Crippen LogP contribution is -2.46. The van der Waals surface area contributed by atoms with E-state index < -0.39 is 56.0 Å². The Hall–Kier alpha value is -3.56. The van der Waals surface area contributed by atoms with E-state index in [4.69, 9.17) is 20.4 Å². The second kappa shape index (κ2) is 15.3. The van der Waals surface area contributed by atoms with Crippen molar-refractivity contribution in [2.75, 3.05) is 65.4 Å². The molecule has 15 heteroatoms. The molecular weight excluding hydrogens is 456 g/mol. The average molecular weight is 486 g/mol. The van der Waals surface area contributed by atoms with Gasteiger partial charge in [0, 0.05) is 51.0 Å². The standard InChI is InChI=1S/C19H30N6O9/c26-15(21-2-1-14-7-20-13-22-14)8-24(10-17(29)30)5-3-23(9-16(27)28)4-6-25(11-18(31)32)12-19(33)34/h7,13H,1-6,8-12H2,(H,20,22)(H,21,26)(H,27,28)(H,29,30)(H,31,32)(H,33,34). The van der Waals surface area contributed by atoms with Crippen LogP contribution in [-0.4, -0.2) is 140 Å². The molecule has 190 valence electrons. The third-order valence-corrected chi connectivity index (χ3v) is 4.54. The first-order valence-electron chi connectivity index (χ1n) is 10.3. The maximum absolute atomic E-state index is 12.2. The molecule has 0 unspecified atom stereocenters. The van der Waals surface area contributed by atoms with Crippen LogP contribution in [0, 0.1) is 0 Å². The lowest BCUT2D eigenvalue weighted by atomic mass is 10.3. The highest BCUT2D eigenvalue weighted by Gasteiger charge is 2.19. The summed E-state index contributed by atoms with van der Waals surface area (Å²) >= 11 is 0. The monoisotopic (exact) mass is 486 g/mol. The molecule has 1 aromatic heterocycles. The van der Waals surface area contributed by atoms with E-state index in [1.807, 2.05) is 0 Å². The quantitative estimate of drug-likeness (QED) is 0.118. The fourth-order valence-electron chi connectivity index (χ4n) is 3.05. The van der Waals surface area contributed by atoms with Gasteiger partial charge in [0.05, 0.1) is 39.1 Å². The Morgan fingerprint density at radius 2 is 1.18 bits per heavy atom. The number of rotatable bonds is 19. The number of carbonyl (C=O) groups is 5. The predicted molar refractivity (Wildman–Crippen MR) is 115 cm³/mol. The second-order valence-corrected chi connectivity index (χ2v) is 7.45. The Balaban J connectivity index is 2.63. The van der Waals surface area contributed by atoms with Gasteiger partial charge < -0.3 is 30.7 Å². The van der Waals surface area contributed by atoms with Crippen molar-refractivity contribution in [1.82, 2.24) is 30.0 Å². The molecule has 15 nitrogen and oxygen atoms in total. The van der Waals surface area contributed by atoms with Crippen LogP contribution in [0.4, 0.5) is 0 Å². The molecule has 1 amide bonds. The van der Waals surface area contributed by atoms with Crippen molar-refractivity contribution in [1.29, 1.82) is 0 Å². The van der Waals surface area contributed by atoms with Crippen molar-refractivity contribution in [2.45, 2.75) is 6.42 Å². The Morgan fingerprint density at radius 1 is 0.735 bits per heavy atom. The first kappa shape index (κ1) is 28.5. The first-order valence-corrected chi connectivity index (χ1v) is 10.3. The molecule has 1 aromatic rings. The largest absolute Gasteiger partial charge is 0.480 e. The molecule has 0 fully saturated rings. The van der Waals surface area contributed by atoms with Crippen LogP contribution in [-0.2, 0) is 30.4 Å². The van der Waals surface area contributed by atoms with Gasteiger partial charge in [-0.1, -0.05) is 0 Å². The number of aliphatic carboxylic acids is 4. The Morgan fingerprint density at radius 3 is 1.62 bits per heavy atom. The first-order chi connectivity index (χ1) is 16.0. The molecule has 0 atom stereocenters. The zero-order valence-corrected chi connectivity index (χ0v) is 18.6. The van der Waals surface area contributed by atoms with E-state index >= 15 is 0 Å². The topological polar surface area (TPSA) is 217 Å². The van der Waals surface area contributed by atoms with E-state index in [2.05, 4.69) is 15.3 Å². The summed E-state index contributed by atoms with van der Waals surface area (Å²) in [6.45, 7) is -1.72. The number of aromatic nitrogens is 2. The van der Waals surface area contributed by atoms with Gasteiger partial charge in [0.1, 0.15) is 0 Å². The zero-order valence-electron chi connectivity index (χ0n) is 18.6. The number of H-pyrrole nitrogens is 1. The van der Waals surface area contributed by atoms with E-state index in [1.165, 1.54) is 16.1 Å². The molecule has 0 aliphatic heterocycles. The minimum Gasteiger partial charge on any atom is -0.480 e. The van der Waals surface area contributed by atoms with Gasteiger partial charge >= 0.3 is 23.9 Å². The summed E-state index contributed by atoms with van der Waals surface area (Å²) in [6.07, 6.45) is 3.64. The van der Waals surface area contributed by atoms with Crippen molar-refractivity contribution >= 4 is 29.8 Å². The normalized spacial score (nSPS) is 11.1. The third kappa shape index (κ3) is 13.8. The summed E-state index contributed by atoms with van der Waals surface area (Å²) in [4.78, 5) is 67.1. The number of amides is 1. The molecule has 0 spiro atoms. The Labute approximate surface area is 195 Å². The van der Waals surface area contributed by atoms with Crippen LogP contribution in [0.15, 0.2) is 12.5 Å². The number of carboxylic acids is 4. The van der Waals surface area contributed by atoms with Gasteiger partial charge in [0.15, 0.2) is 0 Å². The predicted octanol–water partition coefficient (Wildman–Crippen LogP) is -2.69. The number of hydrogen-bond acceptors (Lipinski definition) is 9. The third-order valence-electron chi connectivity index (χ3n) is 4.54. The molecule has 0 radical (unpaired) electrons. The molecular formula is C19H30N6O9. The van der Waals surface area contributed by atoms with Crippen molar-refractivity contribution in [3.8, 4) is 0 Å². The number of nitrogens with one attached hydrogen (secondary N) is 2. The van der Waals surface area contributed by atoms with Crippen LogP contribution in [0.3, 0.4) is 0 Å². The molecule has 1 heterocycles. The fraction of sp³-hybridized carbons (Fsp3) is 0.579. The SMILES string of the molecule is O=C(O)CN(CCN(CC(=O)O)CC(=O)O)CCN(CC(=O)O)CC(=O)NCCc1cnc[nH]1. The van der Waals surface area contributed by atoms with E-state index in [0.717, 1.165) is 10.6 Å². The summed E-state index contributed by atoms with van der Waals surface area (Å²) in [5.41, 5.74) is 0.826. The number of imidazole rings is 1. The van der Waals surface area contributed by atoms with E-state index in [-0.39, 0.29) is 32.7 Å². The van der Waals surface area contributed by atoms with Gasteiger partial charge in [-0.05, 0) is 0 Å². The summed E-state index contributed by atoms with van der Waals surface area (Å²) < 4.78 is 0. The smallest absolute Gasteiger partial charge is 0.317 e. The van der Waals surface area contributed by atoms with Crippen LogP contribution < -0.4 is 5.32 Å².